The van der Waals surface area contributed by atoms with Crippen molar-refractivity contribution < 1.29 is 13.2 Å². The lowest BCUT2D eigenvalue weighted by Crippen LogP contribution is -2.09. The lowest BCUT2D eigenvalue weighted by molar-refractivity contribution is -0.137. The van der Waals surface area contributed by atoms with E-state index in [1.807, 2.05) is 6.92 Å². The topological polar surface area (TPSA) is 68.5 Å². The van der Waals surface area contributed by atoms with Crippen LogP contribution in [0.1, 0.15) is 18.9 Å². The van der Waals surface area contributed by atoms with E-state index >= 15 is 0 Å². The van der Waals surface area contributed by atoms with Crippen molar-refractivity contribution in [1.29, 1.82) is 0 Å². The summed E-state index contributed by atoms with van der Waals surface area (Å²) >= 11 is 0.975. The molecular formula is C11H13F3N6S. The molecule has 10 heteroatoms. The van der Waals surface area contributed by atoms with Gasteiger partial charge in [-0.3, -0.25) is 0 Å². The first-order valence-corrected chi connectivity index (χ1v) is 6.95. The number of rotatable bonds is 5. The summed E-state index contributed by atoms with van der Waals surface area (Å²) in [7, 11) is 1.60. The molecule has 0 bridgehead atoms. The Morgan fingerprint density at radius 2 is 2.10 bits per heavy atom. The maximum absolute atomic E-state index is 12.9. The van der Waals surface area contributed by atoms with Gasteiger partial charge in [0.1, 0.15) is 10.8 Å². The minimum absolute atomic E-state index is 0.182. The summed E-state index contributed by atoms with van der Waals surface area (Å²) in [5.41, 5.74) is -0.756. The predicted molar refractivity (Wildman–Crippen MR) is 70.9 cm³/mol. The Labute approximate surface area is 123 Å². The van der Waals surface area contributed by atoms with Crippen LogP contribution in [0, 0.1) is 0 Å². The van der Waals surface area contributed by atoms with Gasteiger partial charge < -0.3 is 5.32 Å². The number of halogens is 3. The standard InChI is InChI=1S/C11H13F3N6S/c1-3-4-15-8-5-7(11(12,13)14)6-9(16-8)21-10-17-18-19-20(10)2/h5-6H,3-4H2,1-2H3,(H,15,16). The van der Waals surface area contributed by atoms with Crippen molar-refractivity contribution >= 4 is 17.6 Å². The third-order valence-corrected chi connectivity index (χ3v) is 3.41. The van der Waals surface area contributed by atoms with Crippen LogP contribution < -0.4 is 5.32 Å². The fourth-order valence-corrected chi connectivity index (χ4v) is 2.23. The van der Waals surface area contributed by atoms with Crippen LogP contribution in [0.4, 0.5) is 19.0 Å². The molecular weight excluding hydrogens is 305 g/mol. The van der Waals surface area contributed by atoms with Crippen LogP contribution in [0.5, 0.6) is 0 Å². The van der Waals surface area contributed by atoms with Gasteiger partial charge in [-0.2, -0.15) is 13.2 Å². The lowest BCUT2D eigenvalue weighted by Gasteiger charge is -2.11. The highest BCUT2D eigenvalue weighted by atomic mass is 32.2. The molecule has 0 aromatic carbocycles. The summed E-state index contributed by atoms with van der Waals surface area (Å²) in [6.45, 7) is 2.46. The maximum Gasteiger partial charge on any atom is 0.416 e. The van der Waals surface area contributed by atoms with Gasteiger partial charge in [0, 0.05) is 13.6 Å². The number of pyridine rings is 1. The largest absolute Gasteiger partial charge is 0.416 e. The minimum atomic E-state index is -4.43. The Hall–Kier alpha value is -1.84. The predicted octanol–water partition coefficient (Wildman–Crippen LogP) is 2.60. The van der Waals surface area contributed by atoms with E-state index in [1.54, 1.807) is 7.05 Å². The average Bonchev–Trinajstić information content (AvgIpc) is 2.81. The first-order chi connectivity index (χ1) is 9.90. The Morgan fingerprint density at radius 1 is 1.33 bits per heavy atom. The van der Waals surface area contributed by atoms with Crippen molar-refractivity contribution in [1.82, 2.24) is 25.2 Å². The number of alkyl halides is 3. The Balaban J connectivity index is 2.33. The van der Waals surface area contributed by atoms with Crippen molar-refractivity contribution in [2.24, 2.45) is 7.05 Å². The number of aromatic nitrogens is 5. The van der Waals surface area contributed by atoms with E-state index in [4.69, 9.17) is 0 Å². The second-order valence-electron chi connectivity index (χ2n) is 4.19. The fourth-order valence-electron chi connectivity index (χ4n) is 1.47. The zero-order valence-electron chi connectivity index (χ0n) is 11.3. The van der Waals surface area contributed by atoms with Gasteiger partial charge in [0.2, 0.25) is 5.16 Å². The molecule has 0 fully saturated rings. The molecule has 0 aliphatic carbocycles. The number of nitrogens with one attached hydrogen (secondary N) is 1. The van der Waals surface area contributed by atoms with Crippen LogP contribution in [0.15, 0.2) is 22.3 Å². The van der Waals surface area contributed by atoms with Gasteiger partial charge in [-0.05, 0) is 40.7 Å². The normalized spacial score (nSPS) is 11.7. The van der Waals surface area contributed by atoms with Crippen LogP contribution in [0.25, 0.3) is 0 Å². The highest BCUT2D eigenvalue weighted by Crippen LogP contribution is 2.34. The second-order valence-corrected chi connectivity index (χ2v) is 5.18. The van der Waals surface area contributed by atoms with Crippen molar-refractivity contribution in [3.63, 3.8) is 0 Å². The van der Waals surface area contributed by atoms with Gasteiger partial charge in [-0.15, -0.1) is 5.10 Å². The molecule has 2 aromatic rings. The first-order valence-electron chi connectivity index (χ1n) is 6.13. The number of aryl methyl sites for hydroxylation is 1. The molecule has 0 spiro atoms. The monoisotopic (exact) mass is 318 g/mol. The third-order valence-electron chi connectivity index (χ3n) is 2.46. The summed E-state index contributed by atoms with van der Waals surface area (Å²) in [5.74, 6) is 0.185. The van der Waals surface area contributed by atoms with Crippen LogP contribution in [0.3, 0.4) is 0 Å². The van der Waals surface area contributed by atoms with E-state index in [9.17, 15) is 13.2 Å². The summed E-state index contributed by atoms with van der Waals surface area (Å²) < 4.78 is 40.1. The van der Waals surface area contributed by atoms with Gasteiger partial charge in [0.05, 0.1) is 5.56 Å². The number of hydrogen-bond acceptors (Lipinski definition) is 6. The number of hydrogen-bond donors (Lipinski definition) is 1. The Bertz CT molecular complexity index is 612. The smallest absolute Gasteiger partial charge is 0.370 e. The van der Waals surface area contributed by atoms with Gasteiger partial charge >= 0.3 is 6.18 Å². The molecule has 0 saturated heterocycles. The molecule has 0 unspecified atom stereocenters. The van der Waals surface area contributed by atoms with Gasteiger partial charge in [-0.1, -0.05) is 6.92 Å². The molecule has 0 saturated carbocycles. The SMILES string of the molecule is CCCNc1cc(C(F)(F)F)cc(Sc2nnnn2C)n1. The van der Waals surface area contributed by atoms with Crippen LogP contribution in [-0.4, -0.2) is 31.7 Å². The molecule has 0 atom stereocenters. The molecule has 6 nitrogen and oxygen atoms in total. The second kappa shape index (κ2) is 6.29. The molecule has 2 heterocycles. The summed E-state index contributed by atoms with van der Waals surface area (Å²) in [4.78, 5) is 4.14. The maximum atomic E-state index is 12.9. The number of anilines is 1. The fraction of sp³-hybridized carbons (Fsp3) is 0.455. The molecule has 2 rings (SSSR count). The van der Waals surface area contributed by atoms with Gasteiger partial charge in [-0.25, -0.2) is 9.67 Å². The summed E-state index contributed by atoms with van der Waals surface area (Å²) in [6.07, 6.45) is -3.65. The van der Waals surface area contributed by atoms with E-state index in [0.29, 0.717) is 11.7 Å². The Morgan fingerprint density at radius 3 is 2.67 bits per heavy atom. The van der Waals surface area contributed by atoms with Crippen LogP contribution in [0.2, 0.25) is 0 Å². The van der Waals surface area contributed by atoms with Crippen LogP contribution in [-0.2, 0) is 13.2 Å². The molecule has 114 valence electrons. The quantitative estimate of drug-likeness (QED) is 0.914. The van der Waals surface area contributed by atoms with Crippen molar-refractivity contribution in [2.45, 2.75) is 29.7 Å². The third kappa shape index (κ3) is 4.06. The highest BCUT2D eigenvalue weighted by Gasteiger charge is 2.32. The zero-order chi connectivity index (χ0) is 15.5. The molecule has 0 aliphatic rings. The summed E-state index contributed by atoms with van der Waals surface area (Å²) in [5, 5.41) is 14.2. The average molecular weight is 318 g/mol. The lowest BCUT2D eigenvalue weighted by atomic mass is 10.2. The van der Waals surface area contributed by atoms with E-state index in [-0.39, 0.29) is 10.8 Å². The number of tetrazole rings is 1. The molecule has 0 aliphatic heterocycles. The molecule has 21 heavy (non-hydrogen) atoms. The zero-order valence-corrected chi connectivity index (χ0v) is 12.2. The van der Waals surface area contributed by atoms with Crippen LogP contribution >= 0.6 is 11.8 Å². The van der Waals surface area contributed by atoms with Gasteiger partial charge in [0.25, 0.3) is 0 Å². The summed E-state index contributed by atoms with van der Waals surface area (Å²) in [6, 6.07) is 1.98. The van der Waals surface area contributed by atoms with E-state index < -0.39 is 11.7 Å². The Kier molecular flexibility index (Phi) is 4.66. The van der Waals surface area contributed by atoms with E-state index in [2.05, 4.69) is 25.8 Å². The molecule has 1 N–H and O–H groups in total. The van der Waals surface area contributed by atoms with Crippen molar-refractivity contribution in [3.8, 4) is 0 Å². The van der Waals surface area contributed by atoms with E-state index in [0.717, 1.165) is 30.3 Å². The van der Waals surface area contributed by atoms with Gasteiger partial charge in [0.15, 0.2) is 0 Å². The molecule has 2 aromatic heterocycles. The van der Waals surface area contributed by atoms with Crippen molar-refractivity contribution in [3.05, 3.63) is 17.7 Å². The van der Waals surface area contributed by atoms with E-state index in [1.165, 1.54) is 4.68 Å². The molecule has 0 amide bonds. The number of nitrogens with zero attached hydrogens (tertiary/aromatic N) is 5. The minimum Gasteiger partial charge on any atom is -0.370 e. The van der Waals surface area contributed by atoms with Crippen molar-refractivity contribution in [2.75, 3.05) is 11.9 Å². The highest BCUT2D eigenvalue weighted by molar-refractivity contribution is 7.99. The molecule has 0 radical (unpaired) electrons. The first kappa shape index (κ1) is 15.5.